The Balaban J connectivity index is 1.76. The summed E-state index contributed by atoms with van der Waals surface area (Å²) in [5.41, 5.74) is 4.23. The first-order valence-electron chi connectivity index (χ1n) is 9.34. The number of aromatic nitrogens is 3. The summed E-state index contributed by atoms with van der Waals surface area (Å²) in [5.74, 6) is -0.975. The van der Waals surface area contributed by atoms with Gasteiger partial charge in [0.1, 0.15) is 11.5 Å². The fourth-order valence-corrected chi connectivity index (χ4v) is 3.35. The van der Waals surface area contributed by atoms with Crippen LogP contribution in [-0.2, 0) is 7.05 Å². The van der Waals surface area contributed by atoms with E-state index < -0.39 is 11.7 Å². The predicted molar refractivity (Wildman–Crippen MR) is 114 cm³/mol. The maximum Gasteiger partial charge on any atom is 0.274 e. The van der Waals surface area contributed by atoms with Crippen LogP contribution in [0.15, 0.2) is 59.7 Å². The van der Waals surface area contributed by atoms with Crippen LogP contribution >= 0.6 is 0 Å². The number of aryl methyl sites for hydroxylation is 3. The Morgan fingerprint density at radius 2 is 1.80 bits per heavy atom. The predicted octanol–water partition coefficient (Wildman–Crippen LogP) is 4.00. The monoisotopic (exact) mass is 402 g/mol. The van der Waals surface area contributed by atoms with Gasteiger partial charge in [0.05, 0.1) is 11.7 Å². The number of benzene rings is 1. The standard InChI is InChI=1S/C23H19FN4O2/c1-13-4-6-17(27-22(29)20-7-5-16(24)12-26-20)10-18(13)19-9-15-11-25-14(2)8-21(15)28(3)23(19)30/h4-12H,1-3H3,(H,27,29). The number of hydrogen-bond donors (Lipinski definition) is 1. The fourth-order valence-electron chi connectivity index (χ4n) is 3.35. The lowest BCUT2D eigenvalue weighted by atomic mass is 9.99. The third-order valence-electron chi connectivity index (χ3n) is 4.99. The van der Waals surface area contributed by atoms with Gasteiger partial charge >= 0.3 is 0 Å². The van der Waals surface area contributed by atoms with E-state index in [1.807, 2.05) is 32.0 Å². The molecule has 0 saturated heterocycles. The Hall–Kier alpha value is -3.87. The van der Waals surface area contributed by atoms with Gasteiger partial charge in [-0.05, 0) is 61.4 Å². The number of hydrogen-bond acceptors (Lipinski definition) is 4. The summed E-state index contributed by atoms with van der Waals surface area (Å²) >= 11 is 0. The second-order valence-electron chi connectivity index (χ2n) is 7.15. The molecule has 6 nitrogen and oxygen atoms in total. The topological polar surface area (TPSA) is 76.9 Å². The Kier molecular flexibility index (Phi) is 4.87. The third kappa shape index (κ3) is 3.57. The zero-order chi connectivity index (χ0) is 21.4. The number of anilines is 1. The zero-order valence-electron chi connectivity index (χ0n) is 16.7. The number of carbonyl (C=O) groups excluding carboxylic acids is 1. The molecule has 0 unspecified atom stereocenters. The molecule has 30 heavy (non-hydrogen) atoms. The molecular formula is C23H19FN4O2. The highest BCUT2D eigenvalue weighted by Crippen LogP contribution is 2.27. The van der Waals surface area contributed by atoms with Crippen LogP contribution in [0.5, 0.6) is 0 Å². The minimum Gasteiger partial charge on any atom is -0.321 e. The highest BCUT2D eigenvalue weighted by Gasteiger charge is 2.14. The number of nitrogens with one attached hydrogen (secondary N) is 1. The molecule has 1 N–H and O–H groups in total. The van der Waals surface area contributed by atoms with Crippen molar-refractivity contribution in [2.75, 3.05) is 5.32 Å². The quantitative estimate of drug-likeness (QED) is 0.562. The number of fused-ring (bicyclic) bond motifs is 1. The van der Waals surface area contributed by atoms with Crippen molar-refractivity contribution >= 4 is 22.5 Å². The summed E-state index contributed by atoms with van der Waals surface area (Å²) in [6, 6.07) is 11.5. The molecule has 4 rings (SSSR count). The van der Waals surface area contributed by atoms with Gasteiger partial charge in [-0.2, -0.15) is 0 Å². The average molecular weight is 402 g/mol. The number of amides is 1. The lowest BCUT2D eigenvalue weighted by Gasteiger charge is -2.13. The van der Waals surface area contributed by atoms with Crippen molar-refractivity contribution in [3.05, 3.63) is 88.0 Å². The van der Waals surface area contributed by atoms with E-state index in [0.717, 1.165) is 28.4 Å². The van der Waals surface area contributed by atoms with Crippen LogP contribution in [0.2, 0.25) is 0 Å². The van der Waals surface area contributed by atoms with Crippen LogP contribution < -0.4 is 10.9 Å². The number of nitrogens with zero attached hydrogens (tertiary/aromatic N) is 3. The molecule has 0 aliphatic heterocycles. The number of pyridine rings is 3. The van der Waals surface area contributed by atoms with E-state index in [4.69, 9.17) is 0 Å². The Morgan fingerprint density at radius 3 is 2.53 bits per heavy atom. The van der Waals surface area contributed by atoms with E-state index in [1.165, 1.54) is 12.1 Å². The van der Waals surface area contributed by atoms with Crippen LogP contribution in [-0.4, -0.2) is 20.4 Å². The van der Waals surface area contributed by atoms with Gasteiger partial charge in [0.25, 0.3) is 11.5 Å². The van der Waals surface area contributed by atoms with E-state index in [1.54, 1.807) is 29.9 Å². The first kappa shape index (κ1) is 19.4. The SMILES string of the molecule is Cc1cc2c(cn1)cc(-c1cc(NC(=O)c3ccc(F)cn3)ccc1C)c(=O)n2C. The van der Waals surface area contributed by atoms with Gasteiger partial charge in [0.2, 0.25) is 0 Å². The molecule has 0 radical (unpaired) electrons. The smallest absolute Gasteiger partial charge is 0.274 e. The second kappa shape index (κ2) is 7.51. The molecule has 0 aliphatic rings. The van der Waals surface area contributed by atoms with Crippen LogP contribution in [0.4, 0.5) is 10.1 Å². The van der Waals surface area contributed by atoms with Gasteiger partial charge in [0.15, 0.2) is 0 Å². The van der Waals surface area contributed by atoms with Gasteiger partial charge in [0, 0.05) is 35.6 Å². The van der Waals surface area contributed by atoms with Gasteiger partial charge in [-0.1, -0.05) is 6.07 Å². The molecule has 1 aromatic carbocycles. The van der Waals surface area contributed by atoms with E-state index in [-0.39, 0.29) is 11.3 Å². The maximum atomic E-state index is 13.0. The molecule has 0 aliphatic carbocycles. The molecule has 0 bridgehead atoms. The molecule has 0 fully saturated rings. The van der Waals surface area contributed by atoms with Crippen LogP contribution in [0.25, 0.3) is 22.0 Å². The first-order chi connectivity index (χ1) is 14.3. The van der Waals surface area contributed by atoms with Crippen molar-refractivity contribution in [1.82, 2.24) is 14.5 Å². The number of halogens is 1. The first-order valence-corrected chi connectivity index (χ1v) is 9.34. The second-order valence-corrected chi connectivity index (χ2v) is 7.15. The lowest BCUT2D eigenvalue weighted by molar-refractivity contribution is 0.102. The summed E-state index contributed by atoms with van der Waals surface area (Å²) in [5, 5.41) is 3.60. The van der Waals surface area contributed by atoms with Gasteiger partial charge < -0.3 is 9.88 Å². The summed E-state index contributed by atoms with van der Waals surface area (Å²) in [6.45, 7) is 3.78. The van der Waals surface area contributed by atoms with Crippen LogP contribution in [0.3, 0.4) is 0 Å². The Bertz CT molecular complexity index is 1340. The van der Waals surface area contributed by atoms with Gasteiger partial charge in [-0.25, -0.2) is 9.37 Å². The van der Waals surface area contributed by atoms with Crippen molar-refractivity contribution in [3.63, 3.8) is 0 Å². The molecule has 0 atom stereocenters. The number of carbonyl (C=O) groups is 1. The van der Waals surface area contributed by atoms with Crippen molar-refractivity contribution < 1.29 is 9.18 Å². The highest BCUT2D eigenvalue weighted by atomic mass is 19.1. The van der Waals surface area contributed by atoms with Gasteiger partial charge in [-0.3, -0.25) is 14.6 Å². The van der Waals surface area contributed by atoms with E-state index in [9.17, 15) is 14.0 Å². The van der Waals surface area contributed by atoms with Crippen LogP contribution in [0.1, 0.15) is 21.7 Å². The largest absolute Gasteiger partial charge is 0.321 e. The zero-order valence-corrected chi connectivity index (χ0v) is 16.7. The Morgan fingerprint density at radius 1 is 1.00 bits per heavy atom. The summed E-state index contributed by atoms with van der Waals surface area (Å²) in [6.07, 6.45) is 2.73. The van der Waals surface area contributed by atoms with Crippen molar-refractivity contribution in [2.24, 2.45) is 7.05 Å². The fraction of sp³-hybridized carbons (Fsp3) is 0.130. The summed E-state index contributed by atoms with van der Waals surface area (Å²) < 4.78 is 14.6. The average Bonchev–Trinajstić information content (AvgIpc) is 2.73. The van der Waals surface area contributed by atoms with E-state index >= 15 is 0 Å². The maximum absolute atomic E-state index is 13.0. The molecule has 4 aromatic rings. The van der Waals surface area contributed by atoms with E-state index in [2.05, 4.69) is 15.3 Å². The van der Waals surface area contributed by atoms with Crippen molar-refractivity contribution in [2.45, 2.75) is 13.8 Å². The minimum atomic E-state index is -0.513. The van der Waals surface area contributed by atoms with Gasteiger partial charge in [-0.15, -0.1) is 0 Å². The minimum absolute atomic E-state index is 0.0987. The molecule has 7 heteroatoms. The highest BCUT2D eigenvalue weighted by molar-refractivity contribution is 6.03. The Labute approximate surface area is 172 Å². The molecule has 150 valence electrons. The lowest BCUT2D eigenvalue weighted by Crippen LogP contribution is -2.19. The van der Waals surface area contributed by atoms with Crippen molar-refractivity contribution in [1.29, 1.82) is 0 Å². The summed E-state index contributed by atoms with van der Waals surface area (Å²) in [4.78, 5) is 33.6. The van der Waals surface area contributed by atoms with Crippen LogP contribution in [0, 0.1) is 19.7 Å². The molecule has 0 saturated carbocycles. The molecule has 0 spiro atoms. The molecule has 3 heterocycles. The van der Waals surface area contributed by atoms with E-state index in [0.29, 0.717) is 16.8 Å². The summed E-state index contributed by atoms with van der Waals surface area (Å²) in [7, 11) is 1.73. The van der Waals surface area contributed by atoms with Crippen molar-refractivity contribution in [3.8, 4) is 11.1 Å². The molecular weight excluding hydrogens is 383 g/mol. The molecule has 1 amide bonds. The normalized spacial score (nSPS) is 10.9. The molecule has 3 aromatic heterocycles. The number of rotatable bonds is 3. The third-order valence-corrected chi connectivity index (χ3v) is 4.99.